The number of hydrogen-bond donors (Lipinski definition) is 1. The van der Waals surface area contributed by atoms with Crippen LogP contribution in [0.5, 0.6) is 34.5 Å². The lowest BCUT2D eigenvalue weighted by molar-refractivity contribution is -0.135. The van der Waals surface area contributed by atoms with E-state index < -0.39 is 5.92 Å². The minimum Gasteiger partial charge on any atom is -0.504 e. The van der Waals surface area contributed by atoms with Crippen LogP contribution >= 0.6 is 0 Å². The fraction of sp³-hybridized carbons (Fsp3) is 0.185. The SMILES string of the molecule is COc1ccc(/C=C2\Oc3c(ccc4c3[C@@H](c3ccc5c(c3)OCCO5)CC(=O)O4)C2=O)cc1O. The number of carbonyl (C=O) groups excluding carboxylic acids is 2. The van der Waals surface area contributed by atoms with E-state index in [4.69, 9.17) is 23.7 Å². The molecule has 3 heterocycles. The molecular weight excluding hydrogens is 452 g/mol. The van der Waals surface area contributed by atoms with Crippen molar-refractivity contribution in [3.8, 4) is 34.5 Å². The van der Waals surface area contributed by atoms with Gasteiger partial charge < -0.3 is 28.8 Å². The van der Waals surface area contributed by atoms with Crippen LogP contribution in [0.3, 0.4) is 0 Å². The Morgan fingerprint density at radius 2 is 1.74 bits per heavy atom. The van der Waals surface area contributed by atoms with Gasteiger partial charge in [0, 0.05) is 11.5 Å². The molecule has 1 N–H and O–H groups in total. The van der Waals surface area contributed by atoms with Gasteiger partial charge in [-0.1, -0.05) is 12.1 Å². The molecule has 0 saturated heterocycles. The number of phenols is 1. The summed E-state index contributed by atoms with van der Waals surface area (Å²) in [5.74, 6) is 1.31. The Hall–Kier alpha value is -4.46. The number of allylic oxidation sites excluding steroid dienone is 1. The molecule has 0 amide bonds. The molecule has 176 valence electrons. The maximum absolute atomic E-state index is 13.2. The van der Waals surface area contributed by atoms with Gasteiger partial charge in [0.25, 0.3) is 0 Å². The van der Waals surface area contributed by atoms with Gasteiger partial charge in [-0.05, 0) is 53.6 Å². The number of esters is 1. The zero-order valence-corrected chi connectivity index (χ0v) is 18.7. The van der Waals surface area contributed by atoms with E-state index in [9.17, 15) is 14.7 Å². The molecule has 35 heavy (non-hydrogen) atoms. The molecule has 3 aromatic rings. The van der Waals surface area contributed by atoms with Crippen LogP contribution in [0.2, 0.25) is 0 Å². The maximum Gasteiger partial charge on any atom is 0.312 e. The van der Waals surface area contributed by atoms with E-state index in [2.05, 4.69) is 0 Å². The van der Waals surface area contributed by atoms with Crippen LogP contribution in [0.15, 0.2) is 54.3 Å². The number of aromatic hydroxyl groups is 1. The number of benzene rings is 3. The molecule has 0 bridgehead atoms. The van der Waals surface area contributed by atoms with E-state index in [0.29, 0.717) is 58.7 Å². The Labute approximate surface area is 200 Å². The third kappa shape index (κ3) is 3.54. The second-order valence-corrected chi connectivity index (χ2v) is 8.36. The molecule has 0 spiro atoms. The third-order valence-corrected chi connectivity index (χ3v) is 6.25. The van der Waals surface area contributed by atoms with Crippen LogP contribution in [0, 0.1) is 0 Å². The largest absolute Gasteiger partial charge is 0.504 e. The summed E-state index contributed by atoms with van der Waals surface area (Å²) < 4.78 is 28.0. The van der Waals surface area contributed by atoms with Gasteiger partial charge in [-0.3, -0.25) is 9.59 Å². The van der Waals surface area contributed by atoms with Crippen LogP contribution in [-0.2, 0) is 4.79 Å². The minimum atomic E-state index is -0.394. The van der Waals surface area contributed by atoms with Crippen LogP contribution < -0.4 is 23.7 Å². The number of rotatable bonds is 3. The van der Waals surface area contributed by atoms with Gasteiger partial charge in [0.1, 0.15) is 24.7 Å². The van der Waals surface area contributed by atoms with E-state index in [1.165, 1.54) is 13.2 Å². The molecule has 8 nitrogen and oxygen atoms in total. The Bertz CT molecular complexity index is 1420. The lowest BCUT2D eigenvalue weighted by Gasteiger charge is -2.27. The Morgan fingerprint density at radius 3 is 2.54 bits per heavy atom. The molecule has 0 unspecified atom stereocenters. The molecule has 3 aliphatic rings. The normalized spacial score (nSPS) is 19.0. The van der Waals surface area contributed by atoms with Crippen molar-refractivity contribution in [3.63, 3.8) is 0 Å². The number of ether oxygens (including phenoxy) is 5. The van der Waals surface area contributed by atoms with Gasteiger partial charge in [0.2, 0.25) is 5.78 Å². The standard InChI is InChI=1S/C27H20O8/c1-31-19-5-2-14(10-18(19)28)11-23-26(30)16-4-7-21-25(27(16)35-23)17(13-24(29)34-21)15-3-6-20-22(12-15)33-9-8-32-20/h2-7,10-12,17,28H,8-9,13H2,1H3/b23-11-/t17-/m1/s1. The summed E-state index contributed by atoms with van der Waals surface area (Å²) in [6.45, 7) is 0.928. The average Bonchev–Trinajstić information content (AvgIpc) is 3.18. The van der Waals surface area contributed by atoms with Crippen LogP contribution in [0.4, 0.5) is 0 Å². The van der Waals surface area contributed by atoms with Crippen molar-refractivity contribution >= 4 is 17.8 Å². The first kappa shape index (κ1) is 21.1. The summed E-state index contributed by atoms with van der Waals surface area (Å²) in [7, 11) is 1.46. The second kappa shape index (κ2) is 8.09. The number of fused-ring (bicyclic) bond motifs is 4. The van der Waals surface area contributed by atoms with E-state index in [1.54, 1.807) is 30.3 Å². The predicted molar refractivity (Wildman–Crippen MR) is 124 cm³/mol. The molecule has 1 atom stereocenters. The quantitative estimate of drug-likeness (QED) is 0.343. The molecule has 0 radical (unpaired) electrons. The summed E-state index contributed by atoms with van der Waals surface area (Å²) in [6.07, 6.45) is 1.65. The lowest BCUT2D eigenvalue weighted by Crippen LogP contribution is -2.22. The molecule has 0 aliphatic carbocycles. The average molecular weight is 472 g/mol. The number of Topliss-reactive ketones (excluding diaryl/α,β-unsaturated/α-hetero) is 1. The Morgan fingerprint density at radius 1 is 0.943 bits per heavy atom. The topological polar surface area (TPSA) is 101 Å². The Balaban J connectivity index is 1.42. The van der Waals surface area contributed by atoms with Gasteiger partial charge in [0.15, 0.2) is 28.8 Å². The van der Waals surface area contributed by atoms with Crippen molar-refractivity contribution in [2.24, 2.45) is 0 Å². The van der Waals surface area contributed by atoms with Crippen molar-refractivity contribution in [3.05, 3.63) is 76.5 Å². The third-order valence-electron chi connectivity index (χ3n) is 6.25. The number of methoxy groups -OCH3 is 1. The number of hydrogen-bond acceptors (Lipinski definition) is 8. The molecule has 0 fully saturated rings. The van der Waals surface area contributed by atoms with Gasteiger partial charge >= 0.3 is 5.97 Å². The van der Waals surface area contributed by atoms with Crippen LogP contribution in [0.1, 0.15) is 39.4 Å². The molecule has 0 aromatic heterocycles. The maximum atomic E-state index is 13.2. The summed E-state index contributed by atoms with van der Waals surface area (Å²) >= 11 is 0. The first-order chi connectivity index (χ1) is 17.0. The first-order valence-electron chi connectivity index (χ1n) is 11.1. The zero-order chi connectivity index (χ0) is 24.1. The number of ketones is 1. The Kier molecular flexibility index (Phi) is 4.88. The zero-order valence-electron chi connectivity index (χ0n) is 18.7. The highest BCUT2D eigenvalue weighted by atomic mass is 16.6. The lowest BCUT2D eigenvalue weighted by atomic mass is 9.84. The van der Waals surface area contributed by atoms with Crippen molar-refractivity contribution < 1.29 is 38.4 Å². The van der Waals surface area contributed by atoms with E-state index in [-0.39, 0.29) is 29.7 Å². The summed E-state index contributed by atoms with van der Waals surface area (Å²) in [5.41, 5.74) is 2.42. The molecular formula is C27H20O8. The van der Waals surface area contributed by atoms with Crippen molar-refractivity contribution in [1.29, 1.82) is 0 Å². The van der Waals surface area contributed by atoms with E-state index >= 15 is 0 Å². The number of phenolic OH excluding ortho intramolecular Hbond substituents is 1. The van der Waals surface area contributed by atoms with Crippen molar-refractivity contribution in [2.45, 2.75) is 12.3 Å². The highest BCUT2D eigenvalue weighted by Gasteiger charge is 2.38. The van der Waals surface area contributed by atoms with Gasteiger partial charge in [0.05, 0.1) is 19.1 Å². The number of carbonyl (C=O) groups is 2. The highest BCUT2D eigenvalue weighted by Crippen LogP contribution is 2.50. The van der Waals surface area contributed by atoms with Gasteiger partial charge in [-0.15, -0.1) is 0 Å². The summed E-state index contributed by atoms with van der Waals surface area (Å²) in [6, 6.07) is 13.6. The molecule has 0 saturated carbocycles. The molecule has 3 aliphatic heterocycles. The van der Waals surface area contributed by atoms with Crippen LogP contribution in [0.25, 0.3) is 6.08 Å². The first-order valence-corrected chi connectivity index (χ1v) is 11.1. The van der Waals surface area contributed by atoms with Crippen molar-refractivity contribution in [1.82, 2.24) is 0 Å². The predicted octanol–water partition coefficient (Wildman–Crippen LogP) is 4.23. The summed E-state index contributed by atoms with van der Waals surface area (Å²) in [5, 5.41) is 10.1. The fourth-order valence-corrected chi connectivity index (χ4v) is 4.62. The van der Waals surface area contributed by atoms with E-state index in [0.717, 1.165) is 5.56 Å². The second-order valence-electron chi connectivity index (χ2n) is 8.36. The molecule has 3 aromatic carbocycles. The van der Waals surface area contributed by atoms with Crippen LogP contribution in [-0.4, -0.2) is 37.2 Å². The van der Waals surface area contributed by atoms with Crippen molar-refractivity contribution in [2.75, 3.05) is 20.3 Å². The van der Waals surface area contributed by atoms with E-state index in [1.807, 2.05) is 18.2 Å². The molecule has 8 heteroatoms. The minimum absolute atomic E-state index is 0.0484. The van der Waals surface area contributed by atoms with Gasteiger partial charge in [-0.25, -0.2) is 0 Å². The molecule has 6 rings (SSSR count). The van der Waals surface area contributed by atoms with Gasteiger partial charge in [-0.2, -0.15) is 0 Å². The smallest absolute Gasteiger partial charge is 0.312 e. The fourth-order valence-electron chi connectivity index (χ4n) is 4.62. The highest BCUT2D eigenvalue weighted by molar-refractivity contribution is 6.15. The summed E-state index contributed by atoms with van der Waals surface area (Å²) in [4.78, 5) is 25.6. The monoisotopic (exact) mass is 472 g/mol.